The molecule has 1 heterocycles. The van der Waals surface area contributed by atoms with E-state index >= 15 is 0 Å². The van der Waals surface area contributed by atoms with E-state index in [0.29, 0.717) is 24.5 Å². The number of nitrogens with zero attached hydrogens (tertiary/aromatic N) is 1. The van der Waals surface area contributed by atoms with Crippen LogP contribution in [0.5, 0.6) is 5.75 Å². The maximum absolute atomic E-state index is 12.4. The van der Waals surface area contributed by atoms with Crippen LogP contribution in [0.4, 0.5) is 5.69 Å². The lowest BCUT2D eigenvalue weighted by molar-refractivity contribution is 0.0527. The number of hydrogen-bond acceptors (Lipinski definition) is 5. The van der Waals surface area contributed by atoms with Gasteiger partial charge < -0.3 is 24.5 Å². The van der Waals surface area contributed by atoms with Crippen LogP contribution in [0.2, 0.25) is 0 Å². The zero-order valence-electron chi connectivity index (χ0n) is 16.4. The van der Waals surface area contributed by atoms with Gasteiger partial charge in [-0.2, -0.15) is 0 Å². The zero-order valence-corrected chi connectivity index (χ0v) is 16.4. The molecule has 6 nitrogen and oxygen atoms in total. The van der Waals surface area contributed by atoms with Crippen molar-refractivity contribution in [2.75, 3.05) is 25.1 Å². The Morgan fingerprint density at radius 2 is 1.96 bits per heavy atom. The zero-order chi connectivity index (χ0) is 20.1. The average Bonchev–Trinajstić information content (AvgIpc) is 2.95. The van der Waals surface area contributed by atoms with Crippen molar-refractivity contribution in [3.63, 3.8) is 0 Å². The van der Waals surface area contributed by atoms with Crippen molar-refractivity contribution >= 4 is 22.6 Å². The van der Waals surface area contributed by atoms with Crippen molar-refractivity contribution in [2.24, 2.45) is 7.05 Å². The summed E-state index contributed by atoms with van der Waals surface area (Å²) >= 11 is 0. The Kier molecular flexibility index (Phi) is 6.21. The second kappa shape index (κ2) is 8.80. The Hall–Kier alpha value is -2.99. The molecule has 0 spiro atoms. The third-order valence-electron chi connectivity index (χ3n) is 4.70. The Morgan fingerprint density at radius 3 is 2.68 bits per heavy atom. The quantitative estimate of drug-likeness (QED) is 0.583. The summed E-state index contributed by atoms with van der Waals surface area (Å²) in [7, 11) is 1.92. The molecule has 2 aromatic carbocycles. The van der Waals surface area contributed by atoms with Gasteiger partial charge in [0, 0.05) is 35.9 Å². The molecule has 0 saturated carbocycles. The van der Waals surface area contributed by atoms with Crippen LogP contribution in [0.25, 0.3) is 10.9 Å². The second-order valence-corrected chi connectivity index (χ2v) is 6.63. The number of aryl methyl sites for hydroxylation is 1. The fourth-order valence-electron chi connectivity index (χ4n) is 3.14. The summed E-state index contributed by atoms with van der Waals surface area (Å²) < 4.78 is 12.9. The van der Waals surface area contributed by atoms with Gasteiger partial charge in [-0.05, 0) is 44.2 Å². The lowest BCUT2D eigenvalue weighted by Gasteiger charge is -2.14. The number of rotatable bonds is 8. The Bertz CT molecular complexity index is 950. The number of hydrogen-bond donors (Lipinski definition) is 2. The number of para-hydroxylation sites is 1. The van der Waals surface area contributed by atoms with Gasteiger partial charge in [0.15, 0.2) is 0 Å². The fourth-order valence-corrected chi connectivity index (χ4v) is 3.14. The molecule has 0 aliphatic rings. The standard InChI is InChI=1S/C22H26N2O4/c1-4-27-22(26)21-15(2)24(3)20-11-10-18(12-19(20)21)28-14-17(25)13-23-16-8-6-5-7-9-16/h5-12,17,23,25H,4,13-14H2,1-3H3/t17-/m0/s1. The van der Waals surface area contributed by atoms with Crippen molar-refractivity contribution < 1.29 is 19.4 Å². The molecule has 0 aliphatic heterocycles. The summed E-state index contributed by atoms with van der Waals surface area (Å²) in [5.74, 6) is 0.261. The fraction of sp³-hybridized carbons (Fsp3) is 0.318. The molecule has 3 aromatic rings. The average molecular weight is 382 g/mol. The van der Waals surface area contributed by atoms with Gasteiger partial charge in [-0.3, -0.25) is 0 Å². The third kappa shape index (κ3) is 4.28. The molecule has 0 amide bonds. The molecule has 1 atom stereocenters. The number of anilines is 1. The number of carbonyl (C=O) groups is 1. The molecule has 28 heavy (non-hydrogen) atoms. The smallest absolute Gasteiger partial charge is 0.340 e. The molecule has 0 saturated heterocycles. The number of aliphatic hydroxyl groups is 1. The first-order valence-corrected chi connectivity index (χ1v) is 9.37. The number of fused-ring (bicyclic) bond motifs is 1. The number of carbonyl (C=O) groups excluding carboxylic acids is 1. The van der Waals surface area contributed by atoms with Gasteiger partial charge >= 0.3 is 5.97 Å². The minimum atomic E-state index is -0.669. The van der Waals surface area contributed by atoms with E-state index in [2.05, 4.69) is 5.32 Å². The van der Waals surface area contributed by atoms with Crippen molar-refractivity contribution in [1.82, 2.24) is 4.57 Å². The SMILES string of the molecule is CCOC(=O)c1c(C)n(C)c2ccc(OC[C@@H](O)CNc3ccccc3)cc12. The van der Waals surface area contributed by atoms with Crippen LogP contribution in [0, 0.1) is 6.92 Å². The predicted molar refractivity (Wildman–Crippen MR) is 110 cm³/mol. The number of benzene rings is 2. The molecule has 1 aromatic heterocycles. The van der Waals surface area contributed by atoms with Crippen LogP contribution >= 0.6 is 0 Å². The lowest BCUT2D eigenvalue weighted by Crippen LogP contribution is -2.26. The summed E-state index contributed by atoms with van der Waals surface area (Å²) in [5, 5.41) is 14.1. The third-order valence-corrected chi connectivity index (χ3v) is 4.70. The number of aromatic nitrogens is 1. The maximum atomic E-state index is 12.4. The van der Waals surface area contributed by atoms with Gasteiger partial charge in [0.25, 0.3) is 0 Å². The van der Waals surface area contributed by atoms with Crippen molar-refractivity contribution in [1.29, 1.82) is 0 Å². The largest absolute Gasteiger partial charge is 0.491 e. The highest BCUT2D eigenvalue weighted by Gasteiger charge is 2.20. The van der Waals surface area contributed by atoms with E-state index in [1.165, 1.54) is 0 Å². The van der Waals surface area contributed by atoms with Gasteiger partial charge in [-0.1, -0.05) is 18.2 Å². The number of ether oxygens (including phenoxy) is 2. The molecule has 0 radical (unpaired) electrons. The normalized spacial score (nSPS) is 12.0. The molecule has 0 bridgehead atoms. The van der Waals surface area contributed by atoms with E-state index in [4.69, 9.17) is 9.47 Å². The highest BCUT2D eigenvalue weighted by molar-refractivity contribution is 6.06. The first kappa shape index (κ1) is 19.8. The van der Waals surface area contributed by atoms with E-state index in [1.807, 2.05) is 67.1 Å². The summed E-state index contributed by atoms with van der Waals surface area (Å²) in [4.78, 5) is 12.4. The van der Waals surface area contributed by atoms with E-state index < -0.39 is 6.10 Å². The number of nitrogens with one attached hydrogen (secondary N) is 1. The Balaban J connectivity index is 1.69. The molecule has 2 N–H and O–H groups in total. The topological polar surface area (TPSA) is 72.7 Å². The van der Waals surface area contributed by atoms with E-state index in [9.17, 15) is 9.90 Å². The van der Waals surface area contributed by atoms with Crippen LogP contribution < -0.4 is 10.1 Å². The van der Waals surface area contributed by atoms with Gasteiger partial charge in [0.05, 0.1) is 12.2 Å². The number of aliphatic hydroxyl groups excluding tert-OH is 1. The summed E-state index contributed by atoms with van der Waals surface area (Å²) in [5.41, 5.74) is 3.27. The second-order valence-electron chi connectivity index (χ2n) is 6.63. The molecular formula is C22H26N2O4. The van der Waals surface area contributed by atoms with Crippen molar-refractivity contribution in [3.8, 4) is 5.75 Å². The molecular weight excluding hydrogens is 356 g/mol. The summed E-state index contributed by atoms with van der Waals surface area (Å²) in [6, 6.07) is 15.3. The highest BCUT2D eigenvalue weighted by atomic mass is 16.5. The van der Waals surface area contributed by atoms with E-state index in [1.54, 1.807) is 6.92 Å². The summed E-state index contributed by atoms with van der Waals surface area (Å²) in [6.45, 7) is 4.53. The molecule has 6 heteroatoms. The Labute approximate surface area is 164 Å². The van der Waals surface area contributed by atoms with Crippen LogP contribution in [-0.2, 0) is 11.8 Å². The Morgan fingerprint density at radius 1 is 1.21 bits per heavy atom. The highest BCUT2D eigenvalue weighted by Crippen LogP contribution is 2.29. The van der Waals surface area contributed by atoms with Crippen LogP contribution in [0.3, 0.4) is 0 Å². The first-order chi connectivity index (χ1) is 13.5. The van der Waals surface area contributed by atoms with E-state index in [-0.39, 0.29) is 12.6 Å². The minimum absolute atomic E-state index is 0.145. The molecule has 0 fully saturated rings. The van der Waals surface area contributed by atoms with E-state index in [0.717, 1.165) is 22.3 Å². The molecule has 148 valence electrons. The predicted octanol–water partition coefficient (Wildman–Crippen LogP) is 3.52. The van der Waals surface area contributed by atoms with Gasteiger partial charge in [0.2, 0.25) is 0 Å². The lowest BCUT2D eigenvalue weighted by atomic mass is 10.1. The van der Waals surface area contributed by atoms with Crippen LogP contribution in [-0.4, -0.2) is 41.5 Å². The molecule has 3 rings (SSSR count). The van der Waals surface area contributed by atoms with Gasteiger partial charge in [-0.25, -0.2) is 4.79 Å². The molecule has 0 aliphatic carbocycles. The molecule has 0 unspecified atom stereocenters. The monoisotopic (exact) mass is 382 g/mol. The van der Waals surface area contributed by atoms with Gasteiger partial charge in [-0.15, -0.1) is 0 Å². The van der Waals surface area contributed by atoms with Gasteiger partial charge in [0.1, 0.15) is 18.5 Å². The van der Waals surface area contributed by atoms with Crippen LogP contribution in [0.1, 0.15) is 23.0 Å². The first-order valence-electron chi connectivity index (χ1n) is 9.37. The summed E-state index contributed by atoms with van der Waals surface area (Å²) in [6.07, 6.45) is -0.669. The van der Waals surface area contributed by atoms with Crippen LogP contribution in [0.15, 0.2) is 48.5 Å². The number of esters is 1. The van der Waals surface area contributed by atoms with Crippen molar-refractivity contribution in [2.45, 2.75) is 20.0 Å². The minimum Gasteiger partial charge on any atom is -0.491 e. The maximum Gasteiger partial charge on any atom is 0.340 e. The van der Waals surface area contributed by atoms with Crippen molar-refractivity contribution in [3.05, 3.63) is 59.8 Å².